The van der Waals surface area contributed by atoms with E-state index in [0.717, 1.165) is 12.3 Å². The number of nitrogens with one attached hydrogen (secondary N) is 1. The van der Waals surface area contributed by atoms with Gasteiger partial charge < -0.3 is 5.32 Å². The molecule has 1 N–H and O–H groups in total. The van der Waals surface area contributed by atoms with E-state index in [2.05, 4.69) is 44.3 Å². The third-order valence-corrected chi connectivity index (χ3v) is 4.00. The molecule has 94 valence electrons. The van der Waals surface area contributed by atoms with Gasteiger partial charge in [-0.2, -0.15) is 0 Å². The lowest BCUT2D eigenvalue weighted by atomic mass is 9.84. The molecule has 0 saturated carbocycles. The Morgan fingerprint density at radius 2 is 1.94 bits per heavy atom. The first kappa shape index (κ1) is 12.6. The highest BCUT2D eigenvalue weighted by Crippen LogP contribution is 2.31. The number of hydrogen-bond donors (Lipinski definition) is 1. The van der Waals surface area contributed by atoms with Gasteiger partial charge in [0, 0.05) is 0 Å². The van der Waals surface area contributed by atoms with Crippen molar-refractivity contribution in [2.75, 3.05) is 13.1 Å². The minimum absolute atomic E-state index is 0.640. The van der Waals surface area contributed by atoms with Crippen molar-refractivity contribution in [3.05, 3.63) is 34.9 Å². The monoisotopic (exact) mass is 231 g/mol. The van der Waals surface area contributed by atoms with E-state index in [0.29, 0.717) is 5.92 Å². The molecule has 0 amide bonds. The molecule has 1 aromatic carbocycles. The molecule has 1 heterocycles. The van der Waals surface area contributed by atoms with Gasteiger partial charge in [-0.05, 0) is 60.9 Å². The summed E-state index contributed by atoms with van der Waals surface area (Å²) in [5.41, 5.74) is 4.68. The molecule has 1 saturated heterocycles. The van der Waals surface area contributed by atoms with Crippen molar-refractivity contribution in [1.29, 1.82) is 0 Å². The summed E-state index contributed by atoms with van der Waals surface area (Å²) in [6, 6.07) is 7.14. The van der Waals surface area contributed by atoms with Crippen LogP contribution in [-0.2, 0) is 6.42 Å². The van der Waals surface area contributed by atoms with Gasteiger partial charge in [-0.15, -0.1) is 0 Å². The van der Waals surface area contributed by atoms with Crippen molar-refractivity contribution in [2.24, 2.45) is 0 Å². The highest BCUT2D eigenvalue weighted by molar-refractivity contribution is 5.36. The van der Waals surface area contributed by atoms with E-state index in [1.165, 1.54) is 31.5 Å². The summed E-state index contributed by atoms with van der Waals surface area (Å²) in [5.74, 6) is 1.42. The van der Waals surface area contributed by atoms with Crippen LogP contribution in [0.3, 0.4) is 0 Å². The second kappa shape index (κ2) is 5.68. The number of rotatable bonds is 3. The van der Waals surface area contributed by atoms with E-state index in [9.17, 15) is 0 Å². The zero-order chi connectivity index (χ0) is 12.3. The predicted molar refractivity (Wildman–Crippen MR) is 74.8 cm³/mol. The van der Waals surface area contributed by atoms with Crippen molar-refractivity contribution in [3.8, 4) is 0 Å². The molecular formula is C16H25N. The lowest BCUT2D eigenvalue weighted by Gasteiger charge is -2.26. The molecule has 0 bridgehead atoms. The summed E-state index contributed by atoms with van der Waals surface area (Å²) in [4.78, 5) is 0. The number of piperidine rings is 1. The molecule has 1 aliphatic rings. The van der Waals surface area contributed by atoms with Crippen LogP contribution >= 0.6 is 0 Å². The fraction of sp³-hybridized carbons (Fsp3) is 0.625. The highest BCUT2D eigenvalue weighted by Gasteiger charge is 2.18. The summed E-state index contributed by atoms with van der Waals surface area (Å²) < 4.78 is 0. The fourth-order valence-electron chi connectivity index (χ4n) is 2.81. The summed E-state index contributed by atoms with van der Waals surface area (Å²) in [6.07, 6.45) is 3.76. The van der Waals surface area contributed by atoms with E-state index >= 15 is 0 Å². The van der Waals surface area contributed by atoms with Crippen LogP contribution in [0.25, 0.3) is 0 Å². The zero-order valence-corrected chi connectivity index (χ0v) is 11.4. The van der Waals surface area contributed by atoms with Crippen molar-refractivity contribution in [3.63, 3.8) is 0 Å². The first-order valence-corrected chi connectivity index (χ1v) is 7.05. The number of benzene rings is 1. The Morgan fingerprint density at radius 3 is 2.53 bits per heavy atom. The quantitative estimate of drug-likeness (QED) is 0.833. The van der Waals surface area contributed by atoms with Crippen LogP contribution in [0.5, 0.6) is 0 Å². The minimum Gasteiger partial charge on any atom is -0.317 e. The molecule has 0 aliphatic carbocycles. The second-order valence-corrected chi connectivity index (χ2v) is 5.49. The normalized spacial score (nSPS) is 17.6. The summed E-state index contributed by atoms with van der Waals surface area (Å²) >= 11 is 0. The van der Waals surface area contributed by atoms with Gasteiger partial charge in [0.2, 0.25) is 0 Å². The van der Waals surface area contributed by atoms with Crippen molar-refractivity contribution in [2.45, 2.75) is 51.9 Å². The van der Waals surface area contributed by atoms with E-state index in [1.807, 2.05) is 0 Å². The third kappa shape index (κ3) is 2.90. The predicted octanol–water partition coefficient (Wildman–Crippen LogP) is 3.84. The van der Waals surface area contributed by atoms with Gasteiger partial charge in [0.05, 0.1) is 0 Å². The average Bonchev–Trinajstić information content (AvgIpc) is 2.39. The number of aryl methyl sites for hydroxylation is 1. The van der Waals surface area contributed by atoms with E-state index in [4.69, 9.17) is 0 Å². The first-order valence-electron chi connectivity index (χ1n) is 7.05. The SMILES string of the molecule is CCc1ccc(C(C)C)cc1C1CCNCC1. The molecule has 0 unspecified atom stereocenters. The Bertz CT molecular complexity index is 362. The fourth-order valence-corrected chi connectivity index (χ4v) is 2.81. The topological polar surface area (TPSA) is 12.0 Å². The van der Waals surface area contributed by atoms with Crippen LogP contribution in [0.2, 0.25) is 0 Å². The van der Waals surface area contributed by atoms with Gasteiger partial charge in [-0.3, -0.25) is 0 Å². The average molecular weight is 231 g/mol. The molecule has 0 radical (unpaired) electrons. The maximum absolute atomic E-state index is 3.46. The standard InChI is InChI=1S/C16H25N/c1-4-13-5-6-15(12(2)3)11-16(13)14-7-9-17-10-8-14/h5-6,11-12,14,17H,4,7-10H2,1-3H3. The Hall–Kier alpha value is -0.820. The van der Waals surface area contributed by atoms with E-state index in [1.54, 1.807) is 11.1 Å². The van der Waals surface area contributed by atoms with Crippen molar-refractivity contribution < 1.29 is 0 Å². The minimum atomic E-state index is 0.640. The first-order chi connectivity index (χ1) is 8.22. The Balaban J connectivity index is 2.30. The molecule has 1 nitrogen and oxygen atoms in total. The van der Waals surface area contributed by atoms with Crippen LogP contribution in [0.1, 0.15) is 62.1 Å². The number of hydrogen-bond acceptors (Lipinski definition) is 1. The third-order valence-electron chi connectivity index (χ3n) is 4.00. The van der Waals surface area contributed by atoms with Gasteiger partial charge >= 0.3 is 0 Å². The summed E-state index contributed by atoms with van der Waals surface area (Å²) in [7, 11) is 0. The van der Waals surface area contributed by atoms with Crippen LogP contribution in [0.15, 0.2) is 18.2 Å². The van der Waals surface area contributed by atoms with Gasteiger partial charge in [-0.1, -0.05) is 39.0 Å². The second-order valence-electron chi connectivity index (χ2n) is 5.49. The molecule has 0 aromatic heterocycles. The summed E-state index contributed by atoms with van der Waals surface area (Å²) in [6.45, 7) is 9.20. The molecule has 1 aliphatic heterocycles. The van der Waals surface area contributed by atoms with Crippen LogP contribution < -0.4 is 5.32 Å². The molecular weight excluding hydrogens is 206 g/mol. The Kier molecular flexibility index (Phi) is 4.22. The van der Waals surface area contributed by atoms with Gasteiger partial charge in [0.25, 0.3) is 0 Å². The van der Waals surface area contributed by atoms with Gasteiger partial charge in [0.1, 0.15) is 0 Å². The summed E-state index contributed by atoms with van der Waals surface area (Å²) in [5, 5.41) is 3.46. The molecule has 1 heteroatoms. The lowest BCUT2D eigenvalue weighted by molar-refractivity contribution is 0.458. The maximum Gasteiger partial charge on any atom is -0.00431 e. The molecule has 0 spiro atoms. The van der Waals surface area contributed by atoms with Gasteiger partial charge in [0.15, 0.2) is 0 Å². The smallest absolute Gasteiger partial charge is 0.00431 e. The highest BCUT2D eigenvalue weighted by atomic mass is 14.9. The molecule has 1 aromatic rings. The van der Waals surface area contributed by atoms with Gasteiger partial charge in [-0.25, -0.2) is 0 Å². The molecule has 0 atom stereocenters. The molecule has 17 heavy (non-hydrogen) atoms. The van der Waals surface area contributed by atoms with Crippen LogP contribution in [0.4, 0.5) is 0 Å². The molecule has 2 rings (SSSR count). The van der Waals surface area contributed by atoms with E-state index < -0.39 is 0 Å². The van der Waals surface area contributed by atoms with Crippen molar-refractivity contribution >= 4 is 0 Å². The van der Waals surface area contributed by atoms with Crippen LogP contribution in [0, 0.1) is 0 Å². The maximum atomic E-state index is 3.46. The van der Waals surface area contributed by atoms with Crippen LogP contribution in [-0.4, -0.2) is 13.1 Å². The zero-order valence-electron chi connectivity index (χ0n) is 11.4. The molecule has 1 fully saturated rings. The van der Waals surface area contributed by atoms with E-state index in [-0.39, 0.29) is 0 Å². The largest absolute Gasteiger partial charge is 0.317 e. The Morgan fingerprint density at radius 1 is 1.24 bits per heavy atom. The Labute approximate surface area is 106 Å². The lowest BCUT2D eigenvalue weighted by Crippen LogP contribution is -2.27. The van der Waals surface area contributed by atoms with Crippen molar-refractivity contribution in [1.82, 2.24) is 5.32 Å².